The van der Waals surface area contributed by atoms with Crippen molar-refractivity contribution in [3.63, 3.8) is 0 Å². The van der Waals surface area contributed by atoms with Crippen LogP contribution in [-0.2, 0) is 11.8 Å². The van der Waals surface area contributed by atoms with Crippen LogP contribution in [-0.4, -0.2) is 44.8 Å². The number of rotatable bonds is 6. The lowest BCUT2D eigenvalue weighted by molar-refractivity contribution is -0.134. The van der Waals surface area contributed by atoms with E-state index in [0.717, 1.165) is 78.6 Å². The van der Waals surface area contributed by atoms with E-state index in [1.165, 1.54) is 11.6 Å². The van der Waals surface area contributed by atoms with Crippen LogP contribution in [0.2, 0.25) is 0 Å². The molecular formula is C28H33N5O2. The van der Waals surface area contributed by atoms with Crippen LogP contribution < -0.4 is 11.1 Å². The number of benzene rings is 1. The van der Waals surface area contributed by atoms with Gasteiger partial charge in [-0.2, -0.15) is 0 Å². The summed E-state index contributed by atoms with van der Waals surface area (Å²) in [5.41, 5.74) is 12.7. The highest BCUT2D eigenvalue weighted by atomic mass is 16.3. The van der Waals surface area contributed by atoms with Crippen LogP contribution in [0.4, 0.5) is 11.5 Å². The summed E-state index contributed by atoms with van der Waals surface area (Å²) in [6.45, 7) is 5.40. The van der Waals surface area contributed by atoms with Gasteiger partial charge in [-0.15, -0.1) is 0 Å². The van der Waals surface area contributed by atoms with E-state index in [2.05, 4.69) is 34.6 Å². The lowest BCUT2D eigenvalue weighted by atomic mass is 9.84. The summed E-state index contributed by atoms with van der Waals surface area (Å²) in [6, 6.07) is 9.99. The zero-order chi connectivity index (χ0) is 24.5. The fourth-order valence-corrected chi connectivity index (χ4v) is 5.50. The molecule has 1 aliphatic heterocycles. The molecule has 7 nitrogen and oxygen atoms in total. The van der Waals surface area contributed by atoms with Crippen molar-refractivity contribution >= 4 is 33.9 Å². The second kappa shape index (κ2) is 9.58. The SMILES string of the molecule is C=CC(O)Nc1ccc(-c2c(C3=CC[C@@H](C(=O)N4CCCC4)CC3)c3c(N)nccc3n2C)cc1. The molecule has 1 fully saturated rings. The first-order valence-electron chi connectivity index (χ1n) is 12.4. The molecule has 2 aromatic heterocycles. The van der Waals surface area contributed by atoms with Gasteiger partial charge >= 0.3 is 0 Å². The van der Waals surface area contributed by atoms with Crippen LogP contribution in [0, 0.1) is 5.92 Å². The van der Waals surface area contributed by atoms with Gasteiger partial charge < -0.3 is 25.6 Å². The molecule has 0 spiro atoms. The Balaban J connectivity index is 1.53. The number of hydrogen-bond donors (Lipinski definition) is 3. The van der Waals surface area contributed by atoms with Crippen molar-refractivity contribution in [2.75, 3.05) is 24.1 Å². The Morgan fingerprint density at radius 2 is 2.00 bits per heavy atom. The highest BCUT2D eigenvalue weighted by molar-refractivity contribution is 6.05. The smallest absolute Gasteiger partial charge is 0.226 e. The second-order valence-electron chi connectivity index (χ2n) is 9.51. The van der Waals surface area contributed by atoms with Gasteiger partial charge in [0.15, 0.2) is 0 Å². The molecule has 5 rings (SSSR count). The van der Waals surface area contributed by atoms with Gasteiger partial charge in [-0.1, -0.05) is 24.8 Å². The lowest BCUT2D eigenvalue weighted by Gasteiger charge is -2.26. The maximum Gasteiger partial charge on any atom is 0.226 e. The first-order chi connectivity index (χ1) is 17.0. The van der Waals surface area contributed by atoms with Gasteiger partial charge in [-0.3, -0.25) is 4.79 Å². The van der Waals surface area contributed by atoms with Gasteiger partial charge in [-0.05, 0) is 67.5 Å². The van der Waals surface area contributed by atoms with Crippen molar-refractivity contribution in [3.8, 4) is 11.3 Å². The standard InChI is InChI=1S/C28H33N5O2/c1-3-23(34)31-21-12-10-19(11-13-21)26-24(25-22(32(26)2)14-15-30-27(25)29)18-6-8-20(9-7-18)28(35)33-16-4-5-17-33/h3,6,10-15,20,23,31,34H,1,4-5,7-9,16-17H2,2H3,(H2,29,30)/t20-,23?/m1/s1. The van der Waals surface area contributed by atoms with Crippen LogP contribution in [0.15, 0.2) is 55.3 Å². The van der Waals surface area contributed by atoms with Crippen LogP contribution >= 0.6 is 0 Å². The minimum atomic E-state index is -0.802. The molecule has 182 valence electrons. The number of aryl methyl sites for hydroxylation is 1. The van der Waals surface area contributed by atoms with E-state index in [1.54, 1.807) is 6.20 Å². The molecule has 7 heteroatoms. The third-order valence-electron chi connectivity index (χ3n) is 7.34. The van der Waals surface area contributed by atoms with Crippen molar-refractivity contribution in [1.82, 2.24) is 14.5 Å². The maximum atomic E-state index is 13.0. The fourth-order valence-electron chi connectivity index (χ4n) is 5.50. The summed E-state index contributed by atoms with van der Waals surface area (Å²) < 4.78 is 2.17. The molecule has 2 atom stereocenters. The summed E-state index contributed by atoms with van der Waals surface area (Å²) in [4.78, 5) is 19.4. The van der Waals surface area contributed by atoms with Gasteiger partial charge in [0, 0.05) is 48.9 Å². The highest BCUT2D eigenvalue weighted by Crippen LogP contribution is 2.43. The molecule has 1 aromatic carbocycles. The number of likely N-dealkylation sites (tertiary alicyclic amines) is 1. The van der Waals surface area contributed by atoms with Crippen molar-refractivity contribution < 1.29 is 9.90 Å². The maximum absolute atomic E-state index is 13.0. The molecule has 35 heavy (non-hydrogen) atoms. The topological polar surface area (TPSA) is 96.4 Å². The summed E-state index contributed by atoms with van der Waals surface area (Å²) in [7, 11) is 2.05. The number of carbonyl (C=O) groups is 1. The van der Waals surface area contributed by atoms with Crippen LogP contribution in [0.25, 0.3) is 27.7 Å². The van der Waals surface area contributed by atoms with E-state index >= 15 is 0 Å². The molecule has 3 aromatic rings. The molecule has 1 unspecified atom stereocenters. The molecule has 3 heterocycles. The molecule has 1 amide bonds. The number of aliphatic hydroxyl groups excluding tert-OH is 1. The third-order valence-corrected chi connectivity index (χ3v) is 7.34. The predicted molar refractivity (Wildman–Crippen MR) is 142 cm³/mol. The van der Waals surface area contributed by atoms with Crippen molar-refractivity contribution in [2.24, 2.45) is 13.0 Å². The largest absolute Gasteiger partial charge is 0.383 e. The van der Waals surface area contributed by atoms with E-state index in [-0.39, 0.29) is 5.92 Å². The number of carbonyl (C=O) groups excluding carboxylic acids is 1. The van der Waals surface area contributed by atoms with E-state index < -0.39 is 6.23 Å². The fraction of sp³-hybridized carbons (Fsp3) is 0.357. The summed E-state index contributed by atoms with van der Waals surface area (Å²) >= 11 is 0. The summed E-state index contributed by atoms with van der Waals surface area (Å²) in [5.74, 6) is 0.886. The number of pyridine rings is 1. The van der Waals surface area contributed by atoms with E-state index in [1.807, 2.05) is 35.2 Å². The normalized spacial score (nSPS) is 19.0. The Morgan fingerprint density at radius 1 is 1.26 bits per heavy atom. The minimum absolute atomic E-state index is 0.0624. The number of nitrogens with two attached hydrogens (primary N) is 1. The van der Waals surface area contributed by atoms with Crippen molar-refractivity contribution in [2.45, 2.75) is 38.3 Å². The number of nitrogens with zero attached hydrogens (tertiary/aromatic N) is 3. The number of aliphatic hydroxyl groups is 1. The van der Waals surface area contributed by atoms with Crippen LogP contribution in [0.3, 0.4) is 0 Å². The Morgan fingerprint density at radius 3 is 2.66 bits per heavy atom. The minimum Gasteiger partial charge on any atom is -0.383 e. The first-order valence-corrected chi connectivity index (χ1v) is 12.4. The number of hydrogen-bond acceptors (Lipinski definition) is 5. The van der Waals surface area contributed by atoms with Crippen molar-refractivity contribution in [1.29, 1.82) is 0 Å². The van der Waals surface area contributed by atoms with Gasteiger partial charge in [0.1, 0.15) is 12.0 Å². The monoisotopic (exact) mass is 471 g/mol. The number of nitrogens with one attached hydrogen (secondary N) is 1. The zero-order valence-corrected chi connectivity index (χ0v) is 20.2. The molecular weight excluding hydrogens is 438 g/mol. The number of anilines is 2. The molecule has 1 aliphatic carbocycles. The second-order valence-corrected chi connectivity index (χ2v) is 9.51. The zero-order valence-electron chi connectivity index (χ0n) is 20.2. The van der Waals surface area contributed by atoms with Gasteiger partial charge in [0.2, 0.25) is 5.91 Å². The molecule has 2 aliphatic rings. The Labute approximate surface area is 205 Å². The van der Waals surface area contributed by atoms with Gasteiger partial charge in [-0.25, -0.2) is 4.98 Å². The molecule has 0 bridgehead atoms. The summed E-state index contributed by atoms with van der Waals surface area (Å²) in [6.07, 6.45) is 9.29. The Bertz CT molecular complexity index is 1280. The molecule has 4 N–H and O–H groups in total. The van der Waals surface area contributed by atoms with Crippen molar-refractivity contribution in [3.05, 3.63) is 60.8 Å². The first kappa shape index (κ1) is 23.2. The number of nitrogen functional groups attached to an aromatic ring is 1. The van der Waals surface area contributed by atoms with E-state index in [4.69, 9.17) is 5.73 Å². The molecule has 0 radical (unpaired) electrons. The predicted octanol–water partition coefficient (Wildman–Crippen LogP) is 4.54. The number of amides is 1. The van der Waals surface area contributed by atoms with Crippen LogP contribution in [0.5, 0.6) is 0 Å². The lowest BCUT2D eigenvalue weighted by Crippen LogP contribution is -2.34. The number of fused-ring (bicyclic) bond motifs is 1. The van der Waals surface area contributed by atoms with Gasteiger partial charge in [0.05, 0.1) is 11.2 Å². The number of allylic oxidation sites excluding steroid dienone is 2. The average molecular weight is 472 g/mol. The quantitative estimate of drug-likeness (QED) is 0.362. The third kappa shape index (κ3) is 4.32. The number of aromatic nitrogens is 2. The average Bonchev–Trinajstić information content (AvgIpc) is 3.52. The Hall–Kier alpha value is -3.58. The van der Waals surface area contributed by atoms with Gasteiger partial charge in [0.25, 0.3) is 0 Å². The van der Waals surface area contributed by atoms with Crippen LogP contribution in [0.1, 0.15) is 37.7 Å². The molecule has 1 saturated heterocycles. The Kier molecular flexibility index (Phi) is 6.34. The van der Waals surface area contributed by atoms with E-state index in [9.17, 15) is 9.90 Å². The summed E-state index contributed by atoms with van der Waals surface area (Å²) in [5, 5.41) is 13.8. The highest BCUT2D eigenvalue weighted by Gasteiger charge is 2.30. The molecule has 0 saturated carbocycles. The van der Waals surface area contributed by atoms with E-state index in [0.29, 0.717) is 11.7 Å².